The third-order valence-electron chi connectivity index (χ3n) is 5.58. The lowest BCUT2D eigenvalue weighted by atomic mass is 10.0. The smallest absolute Gasteiger partial charge is 0.260 e. The number of carbonyl (C=O) groups excluding carboxylic acids is 1. The van der Waals surface area contributed by atoms with Crippen LogP contribution < -0.4 is 4.74 Å². The average molecular weight is 405 g/mol. The van der Waals surface area contributed by atoms with Gasteiger partial charge in [-0.3, -0.25) is 4.79 Å². The molecule has 0 spiro atoms. The van der Waals surface area contributed by atoms with E-state index in [1.54, 1.807) is 0 Å². The highest BCUT2D eigenvalue weighted by molar-refractivity contribution is 5.78. The number of benzene rings is 2. The molecule has 0 unspecified atom stereocenters. The number of carbonyl (C=O) groups is 1. The average Bonchev–Trinajstić information content (AvgIpc) is 3.15. The molecule has 156 valence electrons. The van der Waals surface area contributed by atoms with Crippen LogP contribution in [-0.4, -0.2) is 60.7 Å². The molecule has 30 heavy (non-hydrogen) atoms. The topological polar surface area (TPSA) is 58.8 Å². The number of amides is 1. The fourth-order valence-corrected chi connectivity index (χ4v) is 3.58. The van der Waals surface area contributed by atoms with E-state index in [4.69, 9.17) is 9.26 Å². The Labute approximate surface area is 177 Å². The van der Waals surface area contributed by atoms with Gasteiger partial charge >= 0.3 is 0 Å². The first kappa shape index (κ1) is 20.2. The Balaban J connectivity index is 1.40. The van der Waals surface area contributed by atoms with Gasteiger partial charge < -0.3 is 19.1 Å². The van der Waals surface area contributed by atoms with Crippen molar-refractivity contribution in [3.05, 3.63) is 59.7 Å². The molecule has 0 aliphatic carbocycles. The third kappa shape index (κ3) is 4.39. The van der Waals surface area contributed by atoms with Gasteiger partial charge in [-0.05, 0) is 45.2 Å². The molecule has 2 aromatic carbocycles. The first-order valence-corrected chi connectivity index (χ1v) is 10.2. The maximum atomic E-state index is 12.3. The van der Waals surface area contributed by atoms with E-state index in [1.807, 2.05) is 48.2 Å². The number of rotatable bonds is 5. The molecule has 6 nitrogen and oxygen atoms in total. The Hall–Kier alpha value is -3.12. The van der Waals surface area contributed by atoms with E-state index in [9.17, 15) is 4.79 Å². The van der Waals surface area contributed by atoms with E-state index >= 15 is 0 Å². The number of nitrogens with zero attached hydrogens (tertiary/aromatic N) is 3. The van der Waals surface area contributed by atoms with Gasteiger partial charge in [-0.2, -0.15) is 0 Å². The minimum atomic E-state index is 0.0299. The van der Waals surface area contributed by atoms with Gasteiger partial charge in [0.25, 0.3) is 5.91 Å². The molecule has 0 saturated carbocycles. The van der Waals surface area contributed by atoms with Gasteiger partial charge in [-0.25, -0.2) is 0 Å². The van der Waals surface area contributed by atoms with Gasteiger partial charge in [0.15, 0.2) is 12.4 Å². The second-order valence-corrected chi connectivity index (χ2v) is 7.85. The molecule has 1 saturated heterocycles. The molecule has 4 rings (SSSR count). The molecule has 1 aliphatic heterocycles. The molecule has 1 aliphatic rings. The zero-order valence-electron chi connectivity index (χ0n) is 17.7. The standard InChI is InChI=1S/C24H27N3O3/c1-17-4-6-20(7-5-17)24-18(2)23(25-30-24)19-8-10-21(11-9-19)29-16-22(28)27-14-12-26(3)13-15-27/h4-11H,12-16H2,1-3H3. The van der Waals surface area contributed by atoms with Crippen molar-refractivity contribution in [3.8, 4) is 28.3 Å². The van der Waals surface area contributed by atoms with E-state index in [1.165, 1.54) is 5.56 Å². The molecule has 0 N–H and O–H groups in total. The number of ether oxygens (including phenoxy) is 1. The highest BCUT2D eigenvalue weighted by atomic mass is 16.5. The van der Waals surface area contributed by atoms with E-state index in [0.29, 0.717) is 5.75 Å². The van der Waals surface area contributed by atoms with Gasteiger partial charge in [-0.1, -0.05) is 35.0 Å². The molecular weight excluding hydrogens is 378 g/mol. The third-order valence-corrected chi connectivity index (χ3v) is 5.58. The maximum absolute atomic E-state index is 12.3. The molecule has 1 amide bonds. The Morgan fingerprint density at radius 3 is 2.27 bits per heavy atom. The minimum absolute atomic E-state index is 0.0299. The fourth-order valence-electron chi connectivity index (χ4n) is 3.58. The Morgan fingerprint density at radius 1 is 0.967 bits per heavy atom. The summed E-state index contributed by atoms with van der Waals surface area (Å²) in [5.41, 5.74) is 4.98. The van der Waals surface area contributed by atoms with Gasteiger partial charge in [0.1, 0.15) is 11.4 Å². The summed E-state index contributed by atoms with van der Waals surface area (Å²) in [6, 6.07) is 15.8. The maximum Gasteiger partial charge on any atom is 0.260 e. The van der Waals surface area contributed by atoms with E-state index in [0.717, 1.165) is 54.3 Å². The summed E-state index contributed by atoms with van der Waals surface area (Å²) >= 11 is 0. The van der Waals surface area contributed by atoms with Gasteiger partial charge in [0, 0.05) is 42.9 Å². The van der Waals surface area contributed by atoms with Crippen LogP contribution in [0.25, 0.3) is 22.6 Å². The molecule has 0 radical (unpaired) electrons. The largest absolute Gasteiger partial charge is 0.484 e. The van der Waals surface area contributed by atoms with Gasteiger partial charge in [0.2, 0.25) is 0 Å². The summed E-state index contributed by atoms with van der Waals surface area (Å²) < 4.78 is 11.3. The van der Waals surface area contributed by atoms with Crippen LogP contribution in [0.5, 0.6) is 5.75 Å². The quantitative estimate of drug-likeness (QED) is 0.647. The SMILES string of the molecule is Cc1ccc(-c2onc(-c3ccc(OCC(=O)N4CCN(C)CC4)cc3)c2C)cc1. The lowest BCUT2D eigenvalue weighted by Gasteiger charge is -2.32. The zero-order valence-corrected chi connectivity index (χ0v) is 17.7. The van der Waals surface area contributed by atoms with Crippen LogP contribution >= 0.6 is 0 Å². The van der Waals surface area contributed by atoms with E-state index in [-0.39, 0.29) is 12.5 Å². The summed E-state index contributed by atoms with van der Waals surface area (Å²) in [6.07, 6.45) is 0. The van der Waals surface area contributed by atoms with Gasteiger partial charge in [-0.15, -0.1) is 0 Å². The summed E-state index contributed by atoms with van der Waals surface area (Å²) in [5.74, 6) is 1.48. The van der Waals surface area contributed by atoms with Crippen molar-refractivity contribution in [2.24, 2.45) is 0 Å². The predicted molar refractivity (Wildman–Crippen MR) is 116 cm³/mol. The molecule has 6 heteroatoms. The number of piperazine rings is 1. The minimum Gasteiger partial charge on any atom is -0.484 e. The van der Waals surface area contributed by atoms with Crippen molar-refractivity contribution in [1.82, 2.24) is 15.0 Å². The lowest BCUT2D eigenvalue weighted by Crippen LogP contribution is -2.48. The lowest BCUT2D eigenvalue weighted by molar-refractivity contribution is -0.134. The van der Waals surface area contributed by atoms with Crippen molar-refractivity contribution < 1.29 is 14.1 Å². The van der Waals surface area contributed by atoms with Gasteiger partial charge in [0.05, 0.1) is 0 Å². The summed E-state index contributed by atoms with van der Waals surface area (Å²) in [4.78, 5) is 16.4. The summed E-state index contributed by atoms with van der Waals surface area (Å²) in [7, 11) is 2.07. The van der Waals surface area contributed by atoms with Crippen molar-refractivity contribution >= 4 is 5.91 Å². The van der Waals surface area contributed by atoms with Crippen molar-refractivity contribution in [1.29, 1.82) is 0 Å². The van der Waals surface area contributed by atoms with Crippen LogP contribution in [0.2, 0.25) is 0 Å². The van der Waals surface area contributed by atoms with Crippen molar-refractivity contribution in [3.63, 3.8) is 0 Å². The highest BCUT2D eigenvalue weighted by Gasteiger charge is 2.19. The monoisotopic (exact) mass is 405 g/mol. The second-order valence-electron chi connectivity index (χ2n) is 7.85. The Bertz CT molecular complexity index is 1000. The number of hydrogen-bond donors (Lipinski definition) is 0. The fraction of sp³-hybridized carbons (Fsp3) is 0.333. The molecular formula is C24H27N3O3. The normalized spacial score (nSPS) is 14.7. The van der Waals surface area contributed by atoms with Crippen LogP contribution in [0, 0.1) is 13.8 Å². The Kier molecular flexibility index (Phi) is 5.86. The Morgan fingerprint density at radius 2 is 1.60 bits per heavy atom. The van der Waals surface area contributed by atoms with E-state index < -0.39 is 0 Å². The van der Waals surface area contributed by atoms with Crippen molar-refractivity contribution in [2.75, 3.05) is 39.8 Å². The van der Waals surface area contributed by atoms with Crippen LogP contribution in [0.3, 0.4) is 0 Å². The van der Waals surface area contributed by atoms with Crippen LogP contribution in [0.15, 0.2) is 53.1 Å². The molecule has 2 heterocycles. The summed E-state index contributed by atoms with van der Waals surface area (Å²) in [6.45, 7) is 7.46. The summed E-state index contributed by atoms with van der Waals surface area (Å²) in [5, 5.41) is 4.28. The van der Waals surface area contributed by atoms with E-state index in [2.05, 4.69) is 36.2 Å². The molecule has 3 aromatic rings. The second kappa shape index (κ2) is 8.71. The molecule has 1 fully saturated rings. The molecule has 1 aromatic heterocycles. The number of aryl methyl sites for hydroxylation is 1. The van der Waals surface area contributed by atoms with Crippen molar-refractivity contribution in [2.45, 2.75) is 13.8 Å². The van der Waals surface area contributed by atoms with Crippen LogP contribution in [-0.2, 0) is 4.79 Å². The number of likely N-dealkylation sites (N-methyl/N-ethyl adjacent to an activating group) is 1. The van der Waals surface area contributed by atoms with Crippen LogP contribution in [0.1, 0.15) is 11.1 Å². The predicted octanol–water partition coefficient (Wildman–Crippen LogP) is 3.78. The number of aromatic nitrogens is 1. The van der Waals surface area contributed by atoms with Crippen LogP contribution in [0.4, 0.5) is 0 Å². The number of hydrogen-bond acceptors (Lipinski definition) is 5. The first-order valence-electron chi connectivity index (χ1n) is 10.2. The molecule has 0 atom stereocenters. The molecule has 0 bridgehead atoms. The first-order chi connectivity index (χ1) is 14.5. The zero-order chi connectivity index (χ0) is 21.1. The highest BCUT2D eigenvalue weighted by Crippen LogP contribution is 2.32.